The van der Waals surface area contributed by atoms with E-state index in [2.05, 4.69) is 29.4 Å². The fraction of sp³-hybridized carbons (Fsp3) is 0.375. The van der Waals surface area contributed by atoms with Gasteiger partial charge >= 0.3 is 0 Å². The zero-order valence-electron chi connectivity index (χ0n) is 12.4. The summed E-state index contributed by atoms with van der Waals surface area (Å²) in [6, 6.07) is 10.4. The third-order valence-corrected chi connectivity index (χ3v) is 3.67. The highest BCUT2D eigenvalue weighted by molar-refractivity contribution is 5.37. The molecule has 0 saturated carbocycles. The second-order valence-electron chi connectivity index (χ2n) is 5.39. The van der Waals surface area contributed by atoms with Gasteiger partial charge in [0.25, 0.3) is 0 Å². The van der Waals surface area contributed by atoms with Crippen LogP contribution in [0.2, 0.25) is 0 Å². The molecule has 0 radical (unpaired) electrons. The molecule has 3 heterocycles. The van der Waals surface area contributed by atoms with E-state index in [1.165, 1.54) is 0 Å². The highest BCUT2D eigenvalue weighted by Crippen LogP contribution is 2.14. The van der Waals surface area contributed by atoms with Crippen molar-refractivity contribution in [3.63, 3.8) is 0 Å². The van der Waals surface area contributed by atoms with Crippen LogP contribution in [0, 0.1) is 0 Å². The highest BCUT2D eigenvalue weighted by Gasteiger charge is 2.15. The first-order chi connectivity index (χ1) is 10.2. The van der Waals surface area contributed by atoms with Crippen LogP contribution in [0.4, 0.5) is 0 Å². The monoisotopic (exact) mass is 284 g/mol. The lowest BCUT2D eigenvalue weighted by molar-refractivity contribution is 0.421. The van der Waals surface area contributed by atoms with E-state index >= 15 is 0 Å². The zero-order valence-corrected chi connectivity index (χ0v) is 12.4. The Bertz CT molecular complexity index is 689. The number of pyridine rings is 1. The Morgan fingerprint density at radius 2 is 2.10 bits per heavy atom. The molecule has 0 amide bonds. The van der Waals surface area contributed by atoms with Crippen molar-refractivity contribution in [2.24, 2.45) is 0 Å². The van der Waals surface area contributed by atoms with Gasteiger partial charge in [-0.2, -0.15) is 0 Å². The summed E-state index contributed by atoms with van der Waals surface area (Å²) in [6.45, 7) is 4.30. The minimum atomic E-state index is 0.147. The molecule has 0 aromatic carbocycles. The van der Waals surface area contributed by atoms with Gasteiger partial charge in [-0.25, -0.2) is 0 Å². The number of rotatable bonds is 6. The Balaban J connectivity index is 1.61. The molecule has 110 valence electrons. The van der Waals surface area contributed by atoms with Gasteiger partial charge in [-0.3, -0.25) is 4.40 Å². The lowest BCUT2D eigenvalue weighted by Gasteiger charge is -2.18. The molecule has 0 saturated heterocycles. The lowest BCUT2D eigenvalue weighted by atomic mass is 10.1. The van der Waals surface area contributed by atoms with Gasteiger partial charge in [0, 0.05) is 18.7 Å². The van der Waals surface area contributed by atoms with E-state index in [0.29, 0.717) is 6.04 Å². The first kappa shape index (κ1) is 13.8. The molecule has 3 rings (SSSR count). The average molecular weight is 284 g/mol. The maximum atomic E-state index is 5.36. The van der Waals surface area contributed by atoms with Crippen molar-refractivity contribution in [3.05, 3.63) is 54.4 Å². The van der Waals surface area contributed by atoms with Crippen LogP contribution in [0.25, 0.3) is 5.65 Å². The molecule has 0 fully saturated rings. The first-order valence-electron chi connectivity index (χ1n) is 7.32. The average Bonchev–Trinajstić information content (AvgIpc) is 3.14. The third-order valence-electron chi connectivity index (χ3n) is 3.67. The Hall–Kier alpha value is -2.14. The normalized spacial score (nSPS) is 14.4. The van der Waals surface area contributed by atoms with Crippen molar-refractivity contribution >= 4 is 5.65 Å². The molecule has 2 atom stereocenters. The minimum absolute atomic E-state index is 0.147. The van der Waals surface area contributed by atoms with Crippen LogP contribution in [0.15, 0.2) is 47.2 Å². The van der Waals surface area contributed by atoms with Crippen molar-refractivity contribution in [2.45, 2.75) is 38.8 Å². The summed E-state index contributed by atoms with van der Waals surface area (Å²) in [6.07, 6.45) is 5.68. The standard InChI is InChI=1S/C16H20N4O/c1-12(8-9-14-6-5-11-21-14)17-13(2)16-19-18-15-7-3-4-10-20(15)16/h3-7,10-13,17H,8-9H2,1-2H3. The van der Waals surface area contributed by atoms with E-state index in [9.17, 15) is 0 Å². The van der Waals surface area contributed by atoms with Crippen molar-refractivity contribution < 1.29 is 4.42 Å². The molecule has 3 aromatic rings. The third kappa shape index (κ3) is 3.13. The summed E-state index contributed by atoms with van der Waals surface area (Å²) < 4.78 is 7.39. The number of nitrogens with zero attached hydrogens (tertiary/aromatic N) is 3. The molecule has 0 spiro atoms. The molecule has 2 unspecified atom stereocenters. The maximum absolute atomic E-state index is 5.36. The van der Waals surface area contributed by atoms with E-state index in [0.717, 1.165) is 30.1 Å². The number of fused-ring (bicyclic) bond motifs is 1. The minimum Gasteiger partial charge on any atom is -0.469 e. The fourth-order valence-electron chi connectivity index (χ4n) is 2.55. The predicted molar refractivity (Wildman–Crippen MR) is 81.0 cm³/mol. The number of nitrogens with one attached hydrogen (secondary N) is 1. The zero-order chi connectivity index (χ0) is 14.7. The van der Waals surface area contributed by atoms with Crippen LogP contribution in [-0.4, -0.2) is 20.6 Å². The highest BCUT2D eigenvalue weighted by atomic mass is 16.3. The van der Waals surface area contributed by atoms with E-state index in [1.807, 2.05) is 40.9 Å². The van der Waals surface area contributed by atoms with Gasteiger partial charge in [0.1, 0.15) is 5.76 Å². The van der Waals surface area contributed by atoms with Gasteiger partial charge in [-0.05, 0) is 44.5 Å². The fourth-order valence-corrected chi connectivity index (χ4v) is 2.55. The molecule has 1 N–H and O–H groups in total. The SMILES string of the molecule is CC(CCc1ccco1)NC(C)c1nnc2ccccn12. The van der Waals surface area contributed by atoms with Crippen molar-refractivity contribution in [1.82, 2.24) is 19.9 Å². The molecule has 0 aliphatic rings. The molecule has 3 aromatic heterocycles. The molecule has 21 heavy (non-hydrogen) atoms. The van der Waals surface area contributed by atoms with E-state index in [1.54, 1.807) is 6.26 Å². The van der Waals surface area contributed by atoms with Crippen molar-refractivity contribution in [2.75, 3.05) is 0 Å². The van der Waals surface area contributed by atoms with Crippen molar-refractivity contribution in [3.8, 4) is 0 Å². The summed E-state index contributed by atoms with van der Waals surface area (Å²) in [5.74, 6) is 1.97. The molecular formula is C16H20N4O. The van der Waals surface area contributed by atoms with E-state index < -0.39 is 0 Å². The Morgan fingerprint density at radius 3 is 2.90 bits per heavy atom. The van der Waals surface area contributed by atoms with Crippen LogP contribution < -0.4 is 5.32 Å². The van der Waals surface area contributed by atoms with Crippen LogP contribution in [-0.2, 0) is 6.42 Å². The smallest absolute Gasteiger partial charge is 0.160 e. The summed E-state index contributed by atoms with van der Waals surface area (Å²) in [5, 5.41) is 12.1. The largest absolute Gasteiger partial charge is 0.469 e. The quantitative estimate of drug-likeness (QED) is 0.756. The van der Waals surface area contributed by atoms with E-state index in [4.69, 9.17) is 4.42 Å². The van der Waals surface area contributed by atoms with Gasteiger partial charge in [0.2, 0.25) is 0 Å². The molecule has 0 bridgehead atoms. The predicted octanol–water partition coefficient (Wildman–Crippen LogP) is 2.99. The number of aryl methyl sites for hydroxylation is 1. The summed E-state index contributed by atoms with van der Waals surface area (Å²) >= 11 is 0. The van der Waals surface area contributed by atoms with Crippen LogP contribution in [0.1, 0.15) is 37.9 Å². The summed E-state index contributed by atoms with van der Waals surface area (Å²) in [4.78, 5) is 0. The van der Waals surface area contributed by atoms with Crippen LogP contribution in [0.3, 0.4) is 0 Å². The van der Waals surface area contributed by atoms with Crippen LogP contribution in [0.5, 0.6) is 0 Å². The van der Waals surface area contributed by atoms with Gasteiger partial charge in [0.05, 0.1) is 12.3 Å². The second kappa shape index (κ2) is 6.10. The van der Waals surface area contributed by atoms with Crippen LogP contribution >= 0.6 is 0 Å². The molecule has 0 aliphatic heterocycles. The summed E-state index contributed by atoms with van der Waals surface area (Å²) in [7, 11) is 0. The van der Waals surface area contributed by atoms with Crippen molar-refractivity contribution in [1.29, 1.82) is 0 Å². The van der Waals surface area contributed by atoms with Gasteiger partial charge in [-0.1, -0.05) is 6.07 Å². The molecule has 5 nitrogen and oxygen atoms in total. The maximum Gasteiger partial charge on any atom is 0.160 e. The van der Waals surface area contributed by atoms with Gasteiger partial charge in [-0.15, -0.1) is 10.2 Å². The molecule has 5 heteroatoms. The lowest BCUT2D eigenvalue weighted by Crippen LogP contribution is -2.30. The van der Waals surface area contributed by atoms with Gasteiger partial charge < -0.3 is 9.73 Å². The Kier molecular flexibility index (Phi) is 4.01. The topological polar surface area (TPSA) is 55.4 Å². The first-order valence-corrected chi connectivity index (χ1v) is 7.32. The Morgan fingerprint density at radius 1 is 1.19 bits per heavy atom. The number of hydrogen-bond donors (Lipinski definition) is 1. The molecule has 0 aliphatic carbocycles. The van der Waals surface area contributed by atoms with E-state index in [-0.39, 0.29) is 6.04 Å². The Labute approximate surface area is 124 Å². The second-order valence-corrected chi connectivity index (χ2v) is 5.39. The summed E-state index contributed by atoms with van der Waals surface area (Å²) in [5.41, 5.74) is 0.879. The number of furan rings is 1. The number of aromatic nitrogens is 3. The molecular weight excluding hydrogens is 264 g/mol. The van der Waals surface area contributed by atoms with Gasteiger partial charge in [0.15, 0.2) is 11.5 Å². The number of hydrogen-bond acceptors (Lipinski definition) is 4.